The van der Waals surface area contributed by atoms with Crippen molar-refractivity contribution < 1.29 is 19.1 Å². The molecule has 0 aliphatic rings. The average molecular weight is 555 g/mol. The van der Waals surface area contributed by atoms with E-state index in [1.165, 1.54) is 0 Å². The maximum atomic E-state index is 13.0. The number of rotatable bonds is 21. The van der Waals surface area contributed by atoms with Crippen LogP contribution in [0.5, 0.6) is 0 Å². The summed E-state index contributed by atoms with van der Waals surface area (Å²) in [7, 11) is 0. The first-order chi connectivity index (χ1) is 19.4. The molecule has 0 aliphatic carbocycles. The molecule has 0 saturated heterocycles. The molecule has 0 spiro atoms. The highest BCUT2D eigenvalue weighted by atomic mass is 16.5. The number of unbranched alkanes of at least 4 members (excludes halogenated alkanes) is 6. The SMILES string of the molecule is CCCCCCOC(=O)CC(Cc1ccccn1)C(N)(CN)C(CC(=O)OCCCCCC)Cc1ccccn1. The van der Waals surface area contributed by atoms with Gasteiger partial charge in [0.2, 0.25) is 0 Å². The van der Waals surface area contributed by atoms with Gasteiger partial charge in [-0.15, -0.1) is 0 Å². The van der Waals surface area contributed by atoms with Crippen LogP contribution in [0.1, 0.15) is 89.4 Å². The van der Waals surface area contributed by atoms with Crippen LogP contribution in [0.2, 0.25) is 0 Å². The zero-order valence-corrected chi connectivity index (χ0v) is 24.6. The second-order valence-corrected chi connectivity index (χ2v) is 10.7. The Morgan fingerprint density at radius 1 is 0.750 bits per heavy atom. The maximum Gasteiger partial charge on any atom is 0.306 e. The van der Waals surface area contributed by atoms with E-state index in [9.17, 15) is 9.59 Å². The third-order valence-corrected chi connectivity index (χ3v) is 7.59. The number of pyridine rings is 2. The van der Waals surface area contributed by atoms with E-state index >= 15 is 0 Å². The average Bonchev–Trinajstić information content (AvgIpc) is 2.97. The van der Waals surface area contributed by atoms with Gasteiger partial charge in [0.25, 0.3) is 0 Å². The number of carbonyl (C=O) groups is 2. The summed E-state index contributed by atoms with van der Waals surface area (Å²) in [5, 5.41) is 0. The molecule has 0 radical (unpaired) electrons. The monoisotopic (exact) mass is 554 g/mol. The normalized spacial score (nSPS) is 14.2. The number of nitrogens with two attached hydrogens (primary N) is 2. The molecule has 8 nitrogen and oxygen atoms in total. The summed E-state index contributed by atoms with van der Waals surface area (Å²) in [4.78, 5) is 35.0. The van der Waals surface area contributed by atoms with E-state index in [2.05, 4.69) is 23.8 Å². The minimum atomic E-state index is -1.07. The van der Waals surface area contributed by atoms with Crippen LogP contribution in [0.25, 0.3) is 0 Å². The number of nitrogens with zero attached hydrogens (tertiary/aromatic N) is 2. The van der Waals surface area contributed by atoms with Crippen LogP contribution in [0.3, 0.4) is 0 Å². The molecular weight excluding hydrogens is 504 g/mol. The molecule has 0 bridgehead atoms. The maximum absolute atomic E-state index is 13.0. The van der Waals surface area contributed by atoms with E-state index in [1.54, 1.807) is 12.4 Å². The fraction of sp³-hybridized carbons (Fsp3) is 0.625. The Kier molecular flexibility index (Phi) is 16.1. The van der Waals surface area contributed by atoms with Crippen LogP contribution in [0, 0.1) is 11.8 Å². The van der Waals surface area contributed by atoms with E-state index in [0.717, 1.165) is 62.8 Å². The van der Waals surface area contributed by atoms with Crippen molar-refractivity contribution in [3.05, 3.63) is 60.2 Å². The second-order valence-electron chi connectivity index (χ2n) is 10.7. The van der Waals surface area contributed by atoms with Gasteiger partial charge in [-0.2, -0.15) is 0 Å². The largest absolute Gasteiger partial charge is 0.466 e. The first kappa shape index (κ1) is 33.4. The third kappa shape index (κ3) is 12.1. The molecule has 2 atom stereocenters. The van der Waals surface area contributed by atoms with Gasteiger partial charge in [-0.3, -0.25) is 19.6 Å². The van der Waals surface area contributed by atoms with Gasteiger partial charge in [0.15, 0.2) is 0 Å². The highest BCUT2D eigenvalue weighted by Crippen LogP contribution is 2.34. The minimum Gasteiger partial charge on any atom is -0.466 e. The Morgan fingerprint density at radius 3 is 1.55 bits per heavy atom. The molecular formula is C32H50N4O4. The number of hydrogen-bond donors (Lipinski definition) is 2. The van der Waals surface area contributed by atoms with Crippen LogP contribution in [-0.2, 0) is 31.9 Å². The minimum absolute atomic E-state index is 0.0789. The number of ether oxygens (including phenoxy) is 2. The number of esters is 2. The Balaban J connectivity index is 2.27. The summed E-state index contributed by atoms with van der Waals surface area (Å²) in [5.74, 6) is -1.42. The summed E-state index contributed by atoms with van der Waals surface area (Å²) in [5.41, 5.74) is 14.1. The predicted octanol–water partition coefficient (Wildman–Crippen LogP) is 5.18. The fourth-order valence-corrected chi connectivity index (χ4v) is 5.06. The summed E-state index contributed by atoms with van der Waals surface area (Å²) in [6.45, 7) is 5.14. The molecule has 0 fully saturated rings. The van der Waals surface area contributed by atoms with Gasteiger partial charge in [-0.25, -0.2) is 0 Å². The summed E-state index contributed by atoms with van der Waals surface area (Å²) >= 11 is 0. The van der Waals surface area contributed by atoms with Crippen molar-refractivity contribution in [3.8, 4) is 0 Å². The van der Waals surface area contributed by atoms with E-state index < -0.39 is 17.4 Å². The van der Waals surface area contributed by atoms with Crippen LogP contribution in [0.4, 0.5) is 0 Å². The van der Waals surface area contributed by atoms with Crippen molar-refractivity contribution in [2.75, 3.05) is 19.8 Å². The van der Waals surface area contributed by atoms with Crippen molar-refractivity contribution >= 4 is 11.9 Å². The van der Waals surface area contributed by atoms with Gasteiger partial charge in [-0.1, -0.05) is 64.5 Å². The third-order valence-electron chi connectivity index (χ3n) is 7.59. The van der Waals surface area contributed by atoms with Crippen LogP contribution in [0.15, 0.2) is 48.8 Å². The van der Waals surface area contributed by atoms with E-state index in [4.69, 9.17) is 20.9 Å². The van der Waals surface area contributed by atoms with Crippen LogP contribution < -0.4 is 11.5 Å². The smallest absolute Gasteiger partial charge is 0.306 e. The van der Waals surface area contributed by atoms with Crippen molar-refractivity contribution in [3.63, 3.8) is 0 Å². The lowest BCUT2D eigenvalue weighted by Gasteiger charge is -2.42. The first-order valence-corrected chi connectivity index (χ1v) is 15.0. The number of hydrogen-bond acceptors (Lipinski definition) is 8. The first-order valence-electron chi connectivity index (χ1n) is 15.0. The van der Waals surface area contributed by atoms with Gasteiger partial charge in [0.1, 0.15) is 0 Å². The molecule has 2 rings (SSSR count). The lowest BCUT2D eigenvalue weighted by molar-refractivity contribution is -0.146. The molecule has 4 N–H and O–H groups in total. The molecule has 2 aromatic rings. The molecule has 222 valence electrons. The Bertz CT molecular complexity index is 884. The highest BCUT2D eigenvalue weighted by molar-refractivity contribution is 5.71. The van der Waals surface area contributed by atoms with Crippen molar-refractivity contribution in [2.24, 2.45) is 23.3 Å². The lowest BCUT2D eigenvalue weighted by Crippen LogP contribution is -2.60. The molecule has 0 amide bonds. The van der Waals surface area contributed by atoms with Crippen molar-refractivity contribution in [1.29, 1.82) is 0 Å². The Morgan fingerprint density at radius 2 is 1.20 bits per heavy atom. The fourth-order valence-electron chi connectivity index (χ4n) is 5.06. The molecule has 2 heterocycles. The predicted molar refractivity (Wildman–Crippen MR) is 158 cm³/mol. The van der Waals surface area contributed by atoms with Gasteiger partial charge >= 0.3 is 11.9 Å². The Hall–Kier alpha value is -2.84. The van der Waals surface area contributed by atoms with Gasteiger partial charge < -0.3 is 20.9 Å². The zero-order chi connectivity index (χ0) is 29.1. The molecule has 2 aromatic heterocycles. The van der Waals surface area contributed by atoms with Crippen molar-refractivity contribution in [2.45, 2.75) is 96.4 Å². The molecule has 40 heavy (non-hydrogen) atoms. The van der Waals surface area contributed by atoms with E-state index in [0.29, 0.717) is 26.1 Å². The van der Waals surface area contributed by atoms with Crippen LogP contribution >= 0.6 is 0 Å². The second kappa shape index (κ2) is 19.3. The Labute approximate surface area is 240 Å². The highest BCUT2D eigenvalue weighted by Gasteiger charge is 2.43. The quantitative estimate of drug-likeness (QED) is 0.159. The summed E-state index contributed by atoms with van der Waals surface area (Å²) in [6.07, 6.45) is 12.7. The molecule has 2 unspecified atom stereocenters. The number of aromatic nitrogens is 2. The number of carbonyl (C=O) groups excluding carboxylic acids is 2. The lowest BCUT2D eigenvalue weighted by atomic mass is 9.68. The summed E-state index contributed by atoms with van der Waals surface area (Å²) in [6, 6.07) is 11.3. The van der Waals surface area contributed by atoms with Gasteiger partial charge in [-0.05, 0) is 61.8 Å². The van der Waals surface area contributed by atoms with Gasteiger partial charge in [0, 0.05) is 35.9 Å². The van der Waals surface area contributed by atoms with Crippen LogP contribution in [-0.4, -0.2) is 47.2 Å². The summed E-state index contributed by atoms with van der Waals surface area (Å²) < 4.78 is 11.2. The van der Waals surface area contributed by atoms with E-state index in [1.807, 2.05) is 36.4 Å². The molecule has 0 saturated carbocycles. The standard InChI is InChI=1S/C32H50N4O4/c1-3-5-7-13-19-39-30(37)23-26(21-28-15-9-11-17-35-28)32(34,25-33)27(22-29-16-10-12-18-36-29)24-31(38)40-20-14-8-6-4-2/h9-12,15-18,26-27H,3-8,13-14,19-25,33-34H2,1-2H3. The van der Waals surface area contributed by atoms with E-state index in [-0.39, 0.29) is 31.3 Å². The zero-order valence-electron chi connectivity index (χ0n) is 24.6. The van der Waals surface area contributed by atoms with Gasteiger partial charge in [0.05, 0.1) is 26.1 Å². The molecule has 8 heteroatoms. The topological polar surface area (TPSA) is 130 Å². The molecule has 0 aliphatic heterocycles. The molecule has 0 aromatic carbocycles. The van der Waals surface area contributed by atoms with Crippen molar-refractivity contribution in [1.82, 2.24) is 9.97 Å².